The highest BCUT2D eigenvalue weighted by Crippen LogP contribution is 2.25. The van der Waals surface area contributed by atoms with Crippen LogP contribution in [0, 0.1) is 0 Å². The summed E-state index contributed by atoms with van der Waals surface area (Å²) in [5, 5.41) is 3.46. The fourth-order valence-corrected chi connectivity index (χ4v) is 1.60. The van der Waals surface area contributed by atoms with Crippen molar-refractivity contribution in [3.63, 3.8) is 0 Å². The van der Waals surface area contributed by atoms with E-state index < -0.39 is 0 Å². The van der Waals surface area contributed by atoms with E-state index in [4.69, 9.17) is 23.2 Å². The Kier molecular flexibility index (Phi) is 5.36. The number of allylic oxidation sites excluding steroid dienone is 1. The molecule has 0 aliphatic heterocycles. The van der Waals surface area contributed by atoms with E-state index in [9.17, 15) is 4.79 Å². The Labute approximate surface area is 105 Å². The van der Waals surface area contributed by atoms with Gasteiger partial charge in [-0.15, -0.1) is 0 Å². The fourth-order valence-electron chi connectivity index (χ4n) is 1.21. The van der Waals surface area contributed by atoms with E-state index in [1.54, 1.807) is 18.2 Å². The molecule has 86 valence electrons. The van der Waals surface area contributed by atoms with Crippen LogP contribution in [0.15, 0.2) is 30.4 Å². The molecule has 0 aromatic heterocycles. The van der Waals surface area contributed by atoms with Gasteiger partial charge in [0.1, 0.15) is 0 Å². The van der Waals surface area contributed by atoms with Gasteiger partial charge < -0.3 is 5.32 Å². The Morgan fingerprint density at radius 3 is 2.88 bits per heavy atom. The van der Waals surface area contributed by atoms with Gasteiger partial charge in [-0.1, -0.05) is 41.4 Å². The summed E-state index contributed by atoms with van der Waals surface area (Å²) in [5.74, 6) is -0.197. The fraction of sp³-hybridized carbons (Fsp3) is 0.250. The van der Waals surface area contributed by atoms with Gasteiger partial charge in [0.25, 0.3) is 5.91 Å². The van der Waals surface area contributed by atoms with Crippen molar-refractivity contribution < 1.29 is 4.79 Å². The predicted molar refractivity (Wildman–Crippen MR) is 68.2 cm³/mol. The summed E-state index contributed by atoms with van der Waals surface area (Å²) < 4.78 is 0. The second-order valence-corrected chi connectivity index (χ2v) is 4.00. The highest BCUT2D eigenvalue weighted by molar-refractivity contribution is 6.43. The molecule has 0 radical (unpaired) electrons. The maximum atomic E-state index is 11.7. The first-order valence-electron chi connectivity index (χ1n) is 5.00. The van der Waals surface area contributed by atoms with Crippen LogP contribution >= 0.6 is 23.2 Å². The monoisotopic (exact) mass is 257 g/mol. The van der Waals surface area contributed by atoms with Gasteiger partial charge in [0.05, 0.1) is 15.6 Å². The van der Waals surface area contributed by atoms with Crippen molar-refractivity contribution in [1.82, 2.24) is 5.32 Å². The minimum atomic E-state index is -0.197. The van der Waals surface area contributed by atoms with E-state index in [2.05, 4.69) is 5.32 Å². The molecule has 0 heterocycles. The number of hydrogen-bond donors (Lipinski definition) is 1. The lowest BCUT2D eigenvalue weighted by atomic mass is 10.2. The Hall–Kier alpha value is -0.990. The molecule has 4 heteroatoms. The van der Waals surface area contributed by atoms with Crippen LogP contribution in [0.2, 0.25) is 10.0 Å². The van der Waals surface area contributed by atoms with Gasteiger partial charge in [-0.25, -0.2) is 0 Å². The second kappa shape index (κ2) is 6.56. The third-order valence-electron chi connectivity index (χ3n) is 2.03. The molecule has 0 aliphatic rings. The Balaban J connectivity index is 2.63. The SMILES string of the molecule is C/C=C/CCNC(=O)c1cccc(Cl)c1Cl. The van der Waals surface area contributed by atoms with Crippen LogP contribution in [0.3, 0.4) is 0 Å². The summed E-state index contributed by atoms with van der Waals surface area (Å²) in [6.07, 6.45) is 4.73. The molecule has 1 N–H and O–H groups in total. The van der Waals surface area contributed by atoms with Crippen LogP contribution < -0.4 is 5.32 Å². The summed E-state index contributed by atoms with van der Waals surface area (Å²) in [7, 11) is 0. The second-order valence-electron chi connectivity index (χ2n) is 3.21. The smallest absolute Gasteiger partial charge is 0.252 e. The topological polar surface area (TPSA) is 29.1 Å². The van der Waals surface area contributed by atoms with Crippen LogP contribution in [0.25, 0.3) is 0 Å². The van der Waals surface area contributed by atoms with Crippen molar-refractivity contribution in [1.29, 1.82) is 0 Å². The van der Waals surface area contributed by atoms with Gasteiger partial charge >= 0.3 is 0 Å². The van der Waals surface area contributed by atoms with Crippen LogP contribution in [0.1, 0.15) is 23.7 Å². The molecule has 0 saturated carbocycles. The Morgan fingerprint density at radius 1 is 1.44 bits per heavy atom. The summed E-state index contributed by atoms with van der Waals surface area (Å²) in [6.45, 7) is 2.53. The maximum Gasteiger partial charge on any atom is 0.252 e. The third kappa shape index (κ3) is 3.54. The summed E-state index contributed by atoms with van der Waals surface area (Å²) >= 11 is 11.7. The average Bonchev–Trinajstić information content (AvgIpc) is 2.28. The molecular weight excluding hydrogens is 245 g/mol. The molecular formula is C12H13Cl2NO. The number of halogens is 2. The number of nitrogens with one attached hydrogen (secondary N) is 1. The standard InChI is InChI=1S/C12H13Cl2NO/c1-2-3-4-8-15-12(16)9-6-5-7-10(13)11(9)14/h2-3,5-7H,4,8H2,1H3,(H,15,16)/b3-2+. The molecule has 1 amide bonds. The van der Waals surface area contributed by atoms with Crippen molar-refractivity contribution in [3.8, 4) is 0 Å². The van der Waals surface area contributed by atoms with Crippen molar-refractivity contribution in [2.24, 2.45) is 0 Å². The number of amides is 1. The van der Waals surface area contributed by atoms with Crippen molar-refractivity contribution in [3.05, 3.63) is 46.0 Å². The summed E-state index contributed by atoms with van der Waals surface area (Å²) in [6, 6.07) is 5.01. The zero-order chi connectivity index (χ0) is 12.0. The minimum Gasteiger partial charge on any atom is -0.352 e. The molecule has 16 heavy (non-hydrogen) atoms. The normalized spacial score (nSPS) is 10.7. The van der Waals surface area contributed by atoms with E-state index in [1.165, 1.54) is 0 Å². The van der Waals surface area contributed by atoms with Gasteiger partial charge in [0.2, 0.25) is 0 Å². The average molecular weight is 258 g/mol. The zero-order valence-corrected chi connectivity index (χ0v) is 10.5. The highest BCUT2D eigenvalue weighted by atomic mass is 35.5. The lowest BCUT2D eigenvalue weighted by Crippen LogP contribution is -2.24. The molecule has 0 fully saturated rings. The number of carbonyl (C=O) groups is 1. The van der Waals surface area contributed by atoms with Crippen LogP contribution in [-0.2, 0) is 0 Å². The van der Waals surface area contributed by atoms with Crippen molar-refractivity contribution >= 4 is 29.1 Å². The van der Waals surface area contributed by atoms with E-state index in [0.29, 0.717) is 22.2 Å². The maximum absolute atomic E-state index is 11.7. The zero-order valence-electron chi connectivity index (χ0n) is 8.97. The number of rotatable bonds is 4. The molecule has 1 aromatic carbocycles. The van der Waals surface area contributed by atoms with Gasteiger partial charge in [0, 0.05) is 6.54 Å². The summed E-state index contributed by atoms with van der Waals surface area (Å²) in [5.41, 5.74) is 0.412. The molecule has 0 saturated heterocycles. The predicted octanol–water partition coefficient (Wildman–Crippen LogP) is 3.69. The van der Waals surface area contributed by atoms with E-state index in [-0.39, 0.29) is 5.91 Å². The molecule has 1 aromatic rings. The first kappa shape index (κ1) is 13.1. The largest absolute Gasteiger partial charge is 0.352 e. The molecule has 1 rings (SSSR count). The van der Waals surface area contributed by atoms with E-state index in [0.717, 1.165) is 6.42 Å². The lowest BCUT2D eigenvalue weighted by molar-refractivity contribution is 0.0954. The Bertz CT molecular complexity index is 402. The number of benzene rings is 1. The minimum absolute atomic E-state index is 0.197. The van der Waals surface area contributed by atoms with E-state index in [1.807, 2.05) is 19.1 Å². The van der Waals surface area contributed by atoms with Crippen LogP contribution in [0.4, 0.5) is 0 Å². The highest BCUT2D eigenvalue weighted by Gasteiger charge is 2.11. The quantitative estimate of drug-likeness (QED) is 0.647. The molecule has 0 bridgehead atoms. The van der Waals surface area contributed by atoms with Gasteiger partial charge in [0.15, 0.2) is 0 Å². The van der Waals surface area contributed by atoms with Crippen molar-refractivity contribution in [2.45, 2.75) is 13.3 Å². The molecule has 0 unspecified atom stereocenters. The molecule has 2 nitrogen and oxygen atoms in total. The van der Waals surface area contributed by atoms with Gasteiger partial charge in [-0.2, -0.15) is 0 Å². The first-order valence-corrected chi connectivity index (χ1v) is 5.75. The number of carbonyl (C=O) groups excluding carboxylic acids is 1. The third-order valence-corrected chi connectivity index (χ3v) is 2.85. The lowest BCUT2D eigenvalue weighted by Gasteiger charge is -2.06. The molecule has 0 aliphatic carbocycles. The first-order chi connectivity index (χ1) is 7.66. The van der Waals surface area contributed by atoms with Crippen LogP contribution in [-0.4, -0.2) is 12.5 Å². The molecule has 0 spiro atoms. The Morgan fingerprint density at radius 2 is 2.19 bits per heavy atom. The summed E-state index contributed by atoms with van der Waals surface area (Å²) in [4.78, 5) is 11.7. The van der Waals surface area contributed by atoms with Gasteiger partial charge in [-0.3, -0.25) is 4.79 Å². The van der Waals surface area contributed by atoms with Crippen molar-refractivity contribution in [2.75, 3.05) is 6.54 Å². The van der Waals surface area contributed by atoms with E-state index >= 15 is 0 Å². The van der Waals surface area contributed by atoms with Crippen LogP contribution in [0.5, 0.6) is 0 Å². The van der Waals surface area contributed by atoms with Gasteiger partial charge in [-0.05, 0) is 25.5 Å². The molecule has 0 atom stereocenters. The number of hydrogen-bond acceptors (Lipinski definition) is 1.